The van der Waals surface area contributed by atoms with Gasteiger partial charge in [-0.25, -0.2) is 8.42 Å². The van der Waals surface area contributed by atoms with E-state index in [0.29, 0.717) is 5.75 Å². The van der Waals surface area contributed by atoms with Crippen LogP contribution in [0.2, 0.25) is 0 Å². The van der Waals surface area contributed by atoms with Crippen molar-refractivity contribution in [2.75, 3.05) is 25.1 Å². The van der Waals surface area contributed by atoms with Gasteiger partial charge < -0.3 is 15.2 Å². The molecule has 0 fully saturated rings. The van der Waals surface area contributed by atoms with Gasteiger partial charge in [-0.2, -0.15) is 0 Å². The van der Waals surface area contributed by atoms with E-state index in [0.717, 1.165) is 9.87 Å². The normalized spacial score (nSPS) is 11.0. The van der Waals surface area contributed by atoms with Gasteiger partial charge in [0.15, 0.2) is 0 Å². The number of methoxy groups -OCH3 is 2. The molecule has 0 aliphatic heterocycles. The third-order valence-corrected chi connectivity index (χ3v) is 5.32. The Balaban J connectivity index is 2.64. The van der Waals surface area contributed by atoms with E-state index < -0.39 is 22.5 Å². The zero-order chi connectivity index (χ0) is 18.6. The van der Waals surface area contributed by atoms with Crippen molar-refractivity contribution in [3.05, 3.63) is 48.0 Å². The topological polar surface area (TPSA) is 98.9 Å². The second-order valence-electron chi connectivity index (χ2n) is 5.33. The Morgan fingerprint density at radius 2 is 1.84 bits per heavy atom. The number of hydrogen-bond donors (Lipinski definition) is 1. The third-order valence-electron chi connectivity index (χ3n) is 3.53. The van der Waals surface area contributed by atoms with Crippen molar-refractivity contribution in [1.82, 2.24) is 0 Å². The molecule has 0 atom stereocenters. The van der Waals surface area contributed by atoms with Crippen molar-refractivity contribution in [2.24, 2.45) is 5.73 Å². The number of carbonyl (C=O) groups excluding carboxylic acids is 1. The average molecular weight is 364 g/mol. The van der Waals surface area contributed by atoms with Gasteiger partial charge in [-0.05, 0) is 36.8 Å². The van der Waals surface area contributed by atoms with Gasteiger partial charge in [0.1, 0.15) is 22.9 Å². The molecular weight excluding hydrogens is 344 g/mol. The average Bonchev–Trinajstić information content (AvgIpc) is 2.59. The molecule has 8 heteroatoms. The molecule has 25 heavy (non-hydrogen) atoms. The molecule has 0 unspecified atom stereocenters. The maximum atomic E-state index is 13.2. The van der Waals surface area contributed by atoms with E-state index in [2.05, 4.69) is 0 Å². The molecule has 7 nitrogen and oxygen atoms in total. The number of benzene rings is 2. The van der Waals surface area contributed by atoms with Crippen LogP contribution in [0.5, 0.6) is 11.5 Å². The van der Waals surface area contributed by atoms with Gasteiger partial charge in [-0.3, -0.25) is 9.10 Å². The highest BCUT2D eigenvalue weighted by Gasteiger charge is 2.29. The first-order chi connectivity index (χ1) is 11.8. The number of carbonyl (C=O) groups is 1. The zero-order valence-corrected chi connectivity index (χ0v) is 15.0. The highest BCUT2D eigenvalue weighted by molar-refractivity contribution is 7.93. The van der Waals surface area contributed by atoms with Gasteiger partial charge in [0.25, 0.3) is 10.0 Å². The number of nitrogens with zero attached hydrogens (tertiary/aromatic N) is 1. The number of ether oxygens (including phenoxy) is 2. The van der Waals surface area contributed by atoms with Crippen molar-refractivity contribution >= 4 is 21.6 Å². The van der Waals surface area contributed by atoms with Crippen LogP contribution in [-0.2, 0) is 14.8 Å². The van der Waals surface area contributed by atoms with E-state index >= 15 is 0 Å². The smallest absolute Gasteiger partial charge is 0.268 e. The van der Waals surface area contributed by atoms with Crippen LogP contribution < -0.4 is 19.5 Å². The van der Waals surface area contributed by atoms with Crippen LogP contribution in [0.1, 0.15) is 5.56 Å². The summed E-state index contributed by atoms with van der Waals surface area (Å²) in [5.74, 6) is -0.139. The minimum absolute atomic E-state index is 0.0425. The molecule has 0 heterocycles. The summed E-state index contributed by atoms with van der Waals surface area (Å²) in [6.07, 6.45) is 0. The van der Waals surface area contributed by atoms with E-state index in [1.54, 1.807) is 37.3 Å². The SMILES string of the molecule is COc1cccc(N(CC(N)=O)S(=O)(=O)c2cc(C)ccc2OC)c1. The van der Waals surface area contributed by atoms with Crippen LogP contribution in [0.3, 0.4) is 0 Å². The van der Waals surface area contributed by atoms with Crippen LogP contribution in [0.15, 0.2) is 47.4 Å². The standard InChI is InChI=1S/C17H20N2O5S/c1-12-7-8-15(24-3)16(9-12)25(21,22)19(11-17(18)20)13-5-4-6-14(10-13)23-2/h4-10H,11H2,1-3H3,(H2,18,20). The Morgan fingerprint density at radius 3 is 2.44 bits per heavy atom. The molecule has 0 aliphatic rings. The summed E-state index contributed by atoms with van der Waals surface area (Å²) < 4.78 is 37.6. The van der Waals surface area contributed by atoms with Gasteiger partial charge in [0.2, 0.25) is 5.91 Å². The Hall–Kier alpha value is -2.74. The monoisotopic (exact) mass is 364 g/mol. The summed E-state index contributed by atoms with van der Waals surface area (Å²) in [4.78, 5) is 11.4. The van der Waals surface area contributed by atoms with E-state index in [1.165, 1.54) is 26.4 Å². The molecule has 2 aromatic rings. The molecule has 2 aromatic carbocycles. The first kappa shape index (κ1) is 18.6. The largest absolute Gasteiger partial charge is 0.497 e. The number of hydrogen-bond acceptors (Lipinski definition) is 5. The fourth-order valence-corrected chi connectivity index (χ4v) is 3.99. The molecule has 2 rings (SSSR count). The van der Waals surface area contributed by atoms with Crippen molar-refractivity contribution < 1.29 is 22.7 Å². The van der Waals surface area contributed by atoms with E-state index in [-0.39, 0.29) is 16.3 Å². The lowest BCUT2D eigenvalue weighted by Gasteiger charge is -2.24. The molecule has 0 saturated heterocycles. The molecule has 0 aliphatic carbocycles. The lowest BCUT2D eigenvalue weighted by molar-refractivity contribution is -0.116. The summed E-state index contributed by atoms with van der Waals surface area (Å²) in [6.45, 7) is 1.26. The molecule has 0 aromatic heterocycles. The summed E-state index contributed by atoms with van der Waals surface area (Å²) in [5, 5.41) is 0. The highest BCUT2D eigenvalue weighted by atomic mass is 32.2. The van der Waals surface area contributed by atoms with Crippen LogP contribution in [0.4, 0.5) is 5.69 Å². The van der Waals surface area contributed by atoms with Crippen molar-refractivity contribution in [1.29, 1.82) is 0 Å². The number of rotatable bonds is 7. The third kappa shape index (κ3) is 4.03. The molecule has 1 amide bonds. The first-order valence-corrected chi connectivity index (χ1v) is 8.83. The minimum Gasteiger partial charge on any atom is -0.497 e. The first-order valence-electron chi connectivity index (χ1n) is 7.39. The Bertz CT molecular complexity index is 880. The molecular formula is C17H20N2O5S. The lowest BCUT2D eigenvalue weighted by atomic mass is 10.2. The zero-order valence-electron chi connectivity index (χ0n) is 14.2. The summed E-state index contributed by atoms with van der Waals surface area (Å²) in [5.41, 5.74) is 6.27. The molecule has 0 bridgehead atoms. The van der Waals surface area contributed by atoms with Crippen molar-refractivity contribution in [2.45, 2.75) is 11.8 Å². The van der Waals surface area contributed by atoms with Crippen LogP contribution in [-0.4, -0.2) is 35.1 Å². The quantitative estimate of drug-likeness (QED) is 0.806. The second kappa shape index (κ2) is 7.43. The fourth-order valence-electron chi connectivity index (χ4n) is 2.33. The van der Waals surface area contributed by atoms with Gasteiger partial charge in [0.05, 0.1) is 19.9 Å². The van der Waals surface area contributed by atoms with Gasteiger partial charge in [0, 0.05) is 6.07 Å². The maximum Gasteiger partial charge on any atom is 0.268 e. The number of nitrogens with two attached hydrogens (primary N) is 1. The van der Waals surface area contributed by atoms with Crippen LogP contribution in [0, 0.1) is 6.92 Å². The predicted molar refractivity (Wildman–Crippen MR) is 94.5 cm³/mol. The predicted octanol–water partition coefficient (Wildman–Crippen LogP) is 1.69. The Morgan fingerprint density at radius 1 is 1.12 bits per heavy atom. The van der Waals surface area contributed by atoms with Crippen LogP contribution >= 0.6 is 0 Å². The summed E-state index contributed by atoms with van der Waals surface area (Å²) >= 11 is 0. The van der Waals surface area contributed by atoms with E-state index in [4.69, 9.17) is 15.2 Å². The van der Waals surface area contributed by atoms with Crippen molar-refractivity contribution in [3.8, 4) is 11.5 Å². The molecule has 0 radical (unpaired) electrons. The number of sulfonamides is 1. The summed E-state index contributed by atoms with van der Waals surface area (Å²) in [7, 11) is -1.24. The van der Waals surface area contributed by atoms with Crippen molar-refractivity contribution in [3.63, 3.8) is 0 Å². The number of anilines is 1. The molecule has 0 spiro atoms. The molecule has 0 saturated carbocycles. The highest BCUT2D eigenvalue weighted by Crippen LogP contribution is 2.32. The van der Waals surface area contributed by atoms with Gasteiger partial charge in [-0.1, -0.05) is 12.1 Å². The van der Waals surface area contributed by atoms with Gasteiger partial charge >= 0.3 is 0 Å². The fraction of sp³-hybridized carbons (Fsp3) is 0.235. The maximum absolute atomic E-state index is 13.2. The summed E-state index contributed by atoms with van der Waals surface area (Å²) in [6, 6.07) is 11.2. The molecule has 134 valence electrons. The molecule has 2 N–H and O–H groups in total. The van der Waals surface area contributed by atoms with Gasteiger partial charge in [-0.15, -0.1) is 0 Å². The van der Waals surface area contributed by atoms with E-state index in [9.17, 15) is 13.2 Å². The minimum atomic E-state index is -4.09. The number of primary amides is 1. The second-order valence-corrected chi connectivity index (χ2v) is 7.16. The lowest BCUT2D eigenvalue weighted by Crippen LogP contribution is -2.38. The Kier molecular flexibility index (Phi) is 5.53. The Labute approximate surface area is 147 Å². The number of aryl methyl sites for hydroxylation is 1. The number of amides is 1. The van der Waals surface area contributed by atoms with Crippen LogP contribution in [0.25, 0.3) is 0 Å². The van der Waals surface area contributed by atoms with E-state index in [1.807, 2.05) is 0 Å².